The van der Waals surface area contributed by atoms with Gasteiger partial charge in [0.15, 0.2) is 5.13 Å². The summed E-state index contributed by atoms with van der Waals surface area (Å²) >= 11 is 1.65. The molecule has 0 radical (unpaired) electrons. The van der Waals surface area contributed by atoms with Gasteiger partial charge in [0.25, 0.3) is 0 Å². The van der Waals surface area contributed by atoms with Gasteiger partial charge in [0.2, 0.25) is 0 Å². The first-order valence-electron chi connectivity index (χ1n) is 6.20. The Bertz CT molecular complexity index is 412. The molecule has 0 bridgehead atoms. The van der Waals surface area contributed by atoms with E-state index in [-0.39, 0.29) is 11.5 Å². The minimum absolute atomic E-state index is 0.161. The second kappa shape index (κ2) is 4.25. The third-order valence-corrected chi connectivity index (χ3v) is 4.78. The van der Waals surface area contributed by atoms with E-state index in [0.717, 1.165) is 28.5 Å². The molecule has 0 fully saturated rings. The number of aromatic nitrogens is 1. The molecular formula is C13H22N2OS. The van der Waals surface area contributed by atoms with Gasteiger partial charge in [0.1, 0.15) is 0 Å². The smallest absolute Gasteiger partial charge is 0.185 e. The fraction of sp³-hybridized carbons (Fsp3) is 0.769. The van der Waals surface area contributed by atoms with Crippen LogP contribution in [0.3, 0.4) is 0 Å². The molecule has 0 saturated carbocycles. The Balaban J connectivity index is 2.33. The van der Waals surface area contributed by atoms with Crippen LogP contribution in [0, 0.1) is 5.41 Å². The van der Waals surface area contributed by atoms with Crippen LogP contribution >= 0.6 is 11.3 Å². The summed E-state index contributed by atoms with van der Waals surface area (Å²) in [7, 11) is 2.06. The number of anilines is 1. The summed E-state index contributed by atoms with van der Waals surface area (Å²) in [6.07, 6.45) is 1.48. The van der Waals surface area contributed by atoms with E-state index in [1.807, 2.05) is 0 Å². The van der Waals surface area contributed by atoms with Gasteiger partial charge in [-0.1, -0.05) is 25.2 Å². The van der Waals surface area contributed by atoms with Gasteiger partial charge >= 0.3 is 0 Å². The summed E-state index contributed by atoms with van der Waals surface area (Å²) < 4.78 is 0. The molecule has 0 aliphatic heterocycles. The standard InChI is InChI=1S/C13H22N2OS/c1-8(2)15(5)12-14-9-6-13(3,4)7-10(16)11(9)17-12/h8,10,16H,6-7H2,1-5H3. The second-order valence-corrected chi connectivity index (χ2v) is 7.08. The van der Waals surface area contributed by atoms with Crippen molar-refractivity contribution in [1.82, 2.24) is 4.98 Å². The van der Waals surface area contributed by atoms with E-state index in [1.165, 1.54) is 0 Å². The zero-order chi connectivity index (χ0) is 12.8. The Morgan fingerprint density at radius 2 is 2.12 bits per heavy atom. The molecule has 1 aliphatic rings. The number of nitrogens with zero attached hydrogens (tertiary/aromatic N) is 2. The average Bonchev–Trinajstić information content (AvgIpc) is 2.58. The van der Waals surface area contributed by atoms with Crippen LogP contribution in [-0.2, 0) is 6.42 Å². The summed E-state index contributed by atoms with van der Waals surface area (Å²) in [5, 5.41) is 11.2. The van der Waals surface area contributed by atoms with Crippen LogP contribution in [0.15, 0.2) is 0 Å². The molecule has 1 N–H and O–H groups in total. The molecule has 0 amide bonds. The van der Waals surface area contributed by atoms with Gasteiger partial charge < -0.3 is 10.0 Å². The molecule has 96 valence electrons. The lowest BCUT2D eigenvalue weighted by Gasteiger charge is -2.31. The van der Waals surface area contributed by atoms with E-state index in [2.05, 4.69) is 39.6 Å². The van der Waals surface area contributed by atoms with Crippen molar-refractivity contribution >= 4 is 16.5 Å². The summed E-state index contributed by atoms with van der Waals surface area (Å²) in [5.74, 6) is 0. The normalized spacial score (nSPS) is 22.6. The van der Waals surface area contributed by atoms with Crippen molar-refractivity contribution in [3.63, 3.8) is 0 Å². The van der Waals surface area contributed by atoms with Crippen LogP contribution in [0.4, 0.5) is 5.13 Å². The lowest BCUT2D eigenvalue weighted by molar-refractivity contribution is 0.102. The topological polar surface area (TPSA) is 36.4 Å². The van der Waals surface area contributed by atoms with Crippen molar-refractivity contribution in [2.45, 2.75) is 52.7 Å². The van der Waals surface area contributed by atoms with Crippen molar-refractivity contribution in [3.8, 4) is 0 Å². The monoisotopic (exact) mass is 254 g/mol. The molecule has 1 unspecified atom stereocenters. The van der Waals surface area contributed by atoms with Crippen molar-refractivity contribution in [3.05, 3.63) is 10.6 Å². The van der Waals surface area contributed by atoms with Gasteiger partial charge in [0, 0.05) is 13.1 Å². The van der Waals surface area contributed by atoms with Gasteiger partial charge in [-0.15, -0.1) is 0 Å². The quantitative estimate of drug-likeness (QED) is 0.881. The molecule has 17 heavy (non-hydrogen) atoms. The van der Waals surface area contributed by atoms with Crippen molar-refractivity contribution in [2.24, 2.45) is 5.41 Å². The molecule has 1 aromatic heterocycles. The summed E-state index contributed by atoms with van der Waals surface area (Å²) in [6.45, 7) is 8.70. The molecule has 4 heteroatoms. The highest BCUT2D eigenvalue weighted by Gasteiger charge is 2.34. The number of aliphatic hydroxyl groups is 1. The van der Waals surface area contributed by atoms with Crippen molar-refractivity contribution in [1.29, 1.82) is 0 Å². The molecular weight excluding hydrogens is 232 g/mol. The zero-order valence-corrected chi connectivity index (χ0v) is 12.1. The maximum Gasteiger partial charge on any atom is 0.185 e. The highest BCUT2D eigenvalue weighted by Crippen LogP contribution is 2.44. The molecule has 3 nitrogen and oxygen atoms in total. The number of fused-ring (bicyclic) bond motifs is 1. The van der Waals surface area contributed by atoms with Crippen LogP contribution in [0.2, 0.25) is 0 Å². The average molecular weight is 254 g/mol. The molecule has 0 saturated heterocycles. The number of hydrogen-bond donors (Lipinski definition) is 1. The van der Waals surface area contributed by atoms with Crippen LogP contribution in [0.5, 0.6) is 0 Å². The fourth-order valence-electron chi connectivity index (χ4n) is 2.25. The second-order valence-electron chi connectivity index (χ2n) is 6.07. The van der Waals surface area contributed by atoms with E-state index in [0.29, 0.717) is 6.04 Å². The van der Waals surface area contributed by atoms with Crippen LogP contribution in [0.25, 0.3) is 0 Å². The molecule has 1 aromatic rings. The van der Waals surface area contributed by atoms with Crippen molar-refractivity contribution in [2.75, 3.05) is 11.9 Å². The Labute approximate surface area is 107 Å². The molecule has 0 spiro atoms. The van der Waals surface area contributed by atoms with E-state index in [1.54, 1.807) is 11.3 Å². The van der Waals surface area contributed by atoms with Gasteiger partial charge in [-0.3, -0.25) is 0 Å². The Hall–Kier alpha value is -0.610. The highest BCUT2D eigenvalue weighted by atomic mass is 32.1. The zero-order valence-electron chi connectivity index (χ0n) is 11.3. The molecule has 1 aliphatic carbocycles. The van der Waals surface area contributed by atoms with Crippen molar-refractivity contribution < 1.29 is 5.11 Å². The van der Waals surface area contributed by atoms with E-state index >= 15 is 0 Å². The lowest BCUT2D eigenvalue weighted by atomic mass is 9.77. The van der Waals surface area contributed by atoms with Gasteiger partial charge in [-0.05, 0) is 32.1 Å². The minimum Gasteiger partial charge on any atom is -0.387 e. The predicted molar refractivity (Wildman–Crippen MR) is 72.7 cm³/mol. The Morgan fingerprint density at radius 1 is 1.47 bits per heavy atom. The number of aliphatic hydroxyl groups excluding tert-OH is 1. The SMILES string of the molecule is CC(C)N(C)c1nc2c(s1)C(O)CC(C)(C)C2. The number of hydrogen-bond acceptors (Lipinski definition) is 4. The number of thiazole rings is 1. The predicted octanol–water partition coefficient (Wildman–Crippen LogP) is 2.99. The first-order chi connectivity index (χ1) is 7.80. The molecule has 2 rings (SSSR count). The molecule has 1 heterocycles. The highest BCUT2D eigenvalue weighted by molar-refractivity contribution is 7.15. The van der Waals surface area contributed by atoms with Crippen LogP contribution in [0.1, 0.15) is 50.8 Å². The third-order valence-electron chi connectivity index (χ3n) is 3.49. The maximum absolute atomic E-state index is 10.2. The van der Waals surface area contributed by atoms with E-state index in [4.69, 9.17) is 4.98 Å². The first kappa shape index (κ1) is 12.8. The molecule has 1 atom stereocenters. The Kier molecular flexibility index (Phi) is 3.21. The van der Waals surface area contributed by atoms with Crippen LogP contribution < -0.4 is 4.90 Å². The number of rotatable bonds is 2. The lowest BCUT2D eigenvalue weighted by Crippen LogP contribution is -2.26. The van der Waals surface area contributed by atoms with Gasteiger partial charge in [-0.25, -0.2) is 4.98 Å². The maximum atomic E-state index is 10.2. The van der Waals surface area contributed by atoms with Gasteiger partial charge in [-0.2, -0.15) is 0 Å². The third kappa shape index (κ3) is 2.47. The summed E-state index contributed by atoms with van der Waals surface area (Å²) in [5.41, 5.74) is 1.26. The largest absolute Gasteiger partial charge is 0.387 e. The fourth-order valence-corrected chi connectivity index (χ4v) is 3.41. The first-order valence-corrected chi connectivity index (χ1v) is 7.02. The van der Waals surface area contributed by atoms with E-state index < -0.39 is 0 Å². The van der Waals surface area contributed by atoms with E-state index in [9.17, 15) is 5.11 Å². The van der Waals surface area contributed by atoms with Gasteiger partial charge in [0.05, 0.1) is 16.7 Å². The summed E-state index contributed by atoms with van der Waals surface area (Å²) in [4.78, 5) is 7.95. The van der Waals surface area contributed by atoms with Crippen LogP contribution in [-0.4, -0.2) is 23.2 Å². The summed E-state index contributed by atoms with van der Waals surface area (Å²) in [6, 6.07) is 0.438. The minimum atomic E-state index is -0.333. The Morgan fingerprint density at radius 3 is 2.71 bits per heavy atom. The molecule has 0 aromatic carbocycles.